The Labute approximate surface area is 182 Å². The van der Waals surface area contributed by atoms with E-state index in [1.165, 1.54) is 18.4 Å². The summed E-state index contributed by atoms with van der Waals surface area (Å²) in [6.07, 6.45) is 0.150. The van der Waals surface area contributed by atoms with Crippen molar-refractivity contribution in [2.45, 2.75) is 19.3 Å². The standard InChI is InChI=1S/C22H19ClN2O4S/c1-29-20(28)13-18-21(15-5-3-2-4-6-15)25-22(30-18)24-19(27)12-11-17(26)14-7-9-16(23)10-8-14/h2-10H,11-13H2,1H3,(H,24,25,27). The number of ketones is 1. The molecule has 3 rings (SSSR count). The average Bonchev–Trinajstić information content (AvgIpc) is 3.14. The Balaban J connectivity index is 1.68. The van der Waals surface area contributed by atoms with Gasteiger partial charge in [-0.05, 0) is 24.3 Å². The number of amides is 1. The van der Waals surface area contributed by atoms with Crippen molar-refractivity contribution < 1.29 is 19.1 Å². The molecule has 0 aliphatic heterocycles. The number of benzene rings is 2. The van der Waals surface area contributed by atoms with E-state index in [0.717, 1.165) is 5.56 Å². The predicted octanol–water partition coefficient (Wildman–Crippen LogP) is 4.78. The second kappa shape index (κ2) is 10.1. The molecule has 6 nitrogen and oxygen atoms in total. The summed E-state index contributed by atoms with van der Waals surface area (Å²) in [5, 5.41) is 3.64. The van der Waals surface area contributed by atoms with Gasteiger partial charge < -0.3 is 10.1 Å². The monoisotopic (exact) mass is 442 g/mol. The SMILES string of the molecule is COC(=O)Cc1sc(NC(=O)CCC(=O)c2ccc(Cl)cc2)nc1-c1ccccc1. The molecule has 0 aliphatic carbocycles. The van der Waals surface area contributed by atoms with Crippen molar-refractivity contribution in [1.29, 1.82) is 0 Å². The molecule has 0 unspecified atom stereocenters. The van der Waals surface area contributed by atoms with Gasteiger partial charge in [-0.3, -0.25) is 14.4 Å². The molecule has 154 valence electrons. The van der Waals surface area contributed by atoms with Crippen LogP contribution in [0.5, 0.6) is 0 Å². The van der Waals surface area contributed by atoms with E-state index in [4.69, 9.17) is 16.3 Å². The van der Waals surface area contributed by atoms with Crippen LogP contribution in [0, 0.1) is 0 Å². The van der Waals surface area contributed by atoms with Crippen LogP contribution in [0.25, 0.3) is 11.3 Å². The number of carbonyl (C=O) groups excluding carboxylic acids is 3. The highest BCUT2D eigenvalue weighted by molar-refractivity contribution is 7.16. The summed E-state index contributed by atoms with van der Waals surface area (Å²) in [6, 6.07) is 15.9. The Morgan fingerprint density at radius 3 is 2.40 bits per heavy atom. The summed E-state index contributed by atoms with van der Waals surface area (Å²) in [4.78, 5) is 41.5. The molecule has 3 aromatic rings. The summed E-state index contributed by atoms with van der Waals surface area (Å²) in [5.41, 5.74) is 1.97. The van der Waals surface area contributed by atoms with Crippen molar-refractivity contribution in [1.82, 2.24) is 4.98 Å². The number of esters is 1. The number of carbonyl (C=O) groups is 3. The third-order valence-electron chi connectivity index (χ3n) is 4.27. The number of ether oxygens (including phenoxy) is 1. The maximum absolute atomic E-state index is 12.3. The molecule has 0 aliphatic rings. The molecule has 0 saturated carbocycles. The maximum Gasteiger partial charge on any atom is 0.310 e. The second-order valence-corrected chi connectivity index (χ2v) is 7.91. The number of thiazole rings is 1. The molecule has 0 fully saturated rings. The van der Waals surface area contributed by atoms with Crippen molar-refractivity contribution >= 4 is 45.7 Å². The zero-order valence-electron chi connectivity index (χ0n) is 16.2. The van der Waals surface area contributed by atoms with Crippen molar-refractivity contribution in [2.24, 2.45) is 0 Å². The Morgan fingerprint density at radius 1 is 1.03 bits per heavy atom. The van der Waals surface area contributed by atoms with Gasteiger partial charge in [0.25, 0.3) is 0 Å². The van der Waals surface area contributed by atoms with E-state index < -0.39 is 0 Å². The van der Waals surface area contributed by atoms with Crippen molar-refractivity contribution in [3.05, 3.63) is 70.1 Å². The van der Waals surface area contributed by atoms with Crippen LogP contribution in [0.15, 0.2) is 54.6 Å². The lowest BCUT2D eigenvalue weighted by molar-refractivity contribution is -0.139. The molecule has 0 atom stereocenters. The number of Topliss-reactive ketones (excluding diaryl/α,β-unsaturated/α-hetero) is 1. The van der Waals surface area contributed by atoms with E-state index in [2.05, 4.69) is 10.3 Å². The number of aromatic nitrogens is 1. The van der Waals surface area contributed by atoms with Crippen molar-refractivity contribution in [3.63, 3.8) is 0 Å². The molecule has 0 spiro atoms. The van der Waals surface area contributed by atoms with Crippen LogP contribution in [0.2, 0.25) is 5.02 Å². The third kappa shape index (κ3) is 5.75. The van der Waals surface area contributed by atoms with Gasteiger partial charge in [0, 0.05) is 33.9 Å². The van der Waals surface area contributed by atoms with Gasteiger partial charge in [0.2, 0.25) is 5.91 Å². The fourth-order valence-corrected chi connectivity index (χ4v) is 3.85. The van der Waals surface area contributed by atoms with Gasteiger partial charge in [0.15, 0.2) is 10.9 Å². The molecular weight excluding hydrogens is 424 g/mol. The van der Waals surface area contributed by atoms with E-state index in [9.17, 15) is 14.4 Å². The zero-order valence-corrected chi connectivity index (χ0v) is 17.8. The summed E-state index contributed by atoms with van der Waals surface area (Å²) >= 11 is 7.04. The van der Waals surface area contributed by atoms with E-state index >= 15 is 0 Å². The van der Waals surface area contributed by atoms with Crippen LogP contribution in [-0.2, 0) is 20.7 Å². The van der Waals surface area contributed by atoms with E-state index in [1.54, 1.807) is 24.3 Å². The number of halogens is 1. The minimum Gasteiger partial charge on any atom is -0.469 e. The summed E-state index contributed by atoms with van der Waals surface area (Å²) in [7, 11) is 1.33. The number of rotatable bonds is 8. The fraction of sp³-hybridized carbons (Fsp3) is 0.182. The van der Waals surface area contributed by atoms with Gasteiger partial charge >= 0.3 is 5.97 Å². The van der Waals surface area contributed by atoms with Crippen LogP contribution < -0.4 is 5.32 Å². The smallest absolute Gasteiger partial charge is 0.310 e. The molecular formula is C22H19ClN2O4S. The third-order valence-corrected chi connectivity index (χ3v) is 5.49. The Bertz CT molecular complexity index is 1050. The van der Waals surface area contributed by atoms with Crippen LogP contribution >= 0.6 is 22.9 Å². The normalized spacial score (nSPS) is 10.5. The van der Waals surface area contributed by atoms with Crippen LogP contribution in [0.3, 0.4) is 0 Å². The lowest BCUT2D eigenvalue weighted by Crippen LogP contribution is -2.13. The molecule has 0 bridgehead atoms. The lowest BCUT2D eigenvalue weighted by Gasteiger charge is -2.02. The van der Waals surface area contributed by atoms with Crippen LogP contribution in [0.1, 0.15) is 28.1 Å². The predicted molar refractivity (Wildman–Crippen MR) is 117 cm³/mol. The lowest BCUT2D eigenvalue weighted by atomic mass is 10.1. The first kappa shape index (κ1) is 21.7. The van der Waals surface area contributed by atoms with Gasteiger partial charge in [0.05, 0.1) is 19.2 Å². The molecule has 1 aromatic heterocycles. The number of anilines is 1. The highest BCUT2D eigenvalue weighted by Gasteiger charge is 2.18. The van der Waals surface area contributed by atoms with E-state index in [-0.39, 0.29) is 36.9 Å². The van der Waals surface area contributed by atoms with Gasteiger partial charge in [-0.15, -0.1) is 11.3 Å². The first-order chi connectivity index (χ1) is 14.5. The maximum atomic E-state index is 12.3. The minimum atomic E-state index is -0.387. The number of hydrogen-bond acceptors (Lipinski definition) is 6. The highest BCUT2D eigenvalue weighted by atomic mass is 35.5. The molecule has 1 amide bonds. The Morgan fingerprint density at radius 2 is 1.73 bits per heavy atom. The molecule has 0 radical (unpaired) electrons. The van der Waals surface area contributed by atoms with Crippen LogP contribution in [-0.4, -0.2) is 29.8 Å². The number of nitrogens with zero attached hydrogens (tertiary/aromatic N) is 1. The molecule has 0 saturated heterocycles. The second-order valence-electron chi connectivity index (χ2n) is 6.39. The Hall–Kier alpha value is -3.03. The highest BCUT2D eigenvalue weighted by Crippen LogP contribution is 2.32. The van der Waals surface area contributed by atoms with Gasteiger partial charge in [-0.25, -0.2) is 4.98 Å². The van der Waals surface area contributed by atoms with Crippen molar-refractivity contribution in [3.8, 4) is 11.3 Å². The number of methoxy groups -OCH3 is 1. The Kier molecular flexibility index (Phi) is 7.32. The summed E-state index contributed by atoms with van der Waals surface area (Å²) < 4.78 is 4.76. The van der Waals surface area contributed by atoms with Crippen molar-refractivity contribution in [2.75, 3.05) is 12.4 Å². The molecule has 1 N–H and O–H groups in total. The minimum absolute atomic E-state index is 0.0219. The van der Waals surface area contributed by atoms with Gasteiger partial charge in [-0.2, -0.15) is 0 Å². The van der Waals surface area contributed by atoms with E-state index in [0.29, 0.717) is 26.3 Å². The molecule has 2 aromatic carbocycles. The first-order valence-electron chi connectivity index (χ1n) is 9.17. The average molecular weight is 443 g/mol. The zero-order chi connectivity index (χ0) is 21.5. The van der Waals surface area contributed by atoms with E-state index in [1.807, 2.05) is 30.3 Å². The molecule has 1 heterocycles. The number of hydrogen-bond donors (Lipinski definition) is 1. The summed E-state index contributed by atoms with van der Waals surface area (Å²) in [5.74, 6) is -0.852. The summed E-state index contributed by atoms with van der Waals surface area (Å²) in [6.45, 7) is 0. The molecule has 8 heteroatoms. The fourth-order valence-electron chi connectivity index (χ4n) is 2.74. The van der Waals surface area contributed by atoms with Crippen LogP contribution in [0.4, 0.5) is 5.13 Å². The van der Waals surface area contributed by atoms with Gasteiger partial charge in [0.1, 0.15) is 0 Å². The first-order valence-corrected chi connectivity index (χ1v) is 10.4. The quantitative estimate of drug-likeness (QED) is 0.400. The number of nitrogens with one attached hydrogen (secondary N) is 1. The topological polar surface area (TPSA) is 85.4 Å². The molecule has 30 heavy (non-hydrogen) atoms. The largest absolute Gasteiger partial charge is 0.469 e. The van der Waals surface area contributed by atoms with Gasteiger partial charge in [-0.1, -0.05) is 41.9 Å².